The summed E-state index contributed by atoms with van der Waals surface area (Å²) in [6, 6.07) is 22.4. The molecule has 4 aromatic rings. The average Bonchev–Trinajstić information content (AvgIpc) is 3.18. The van der Waals surface area contributed by atoms with E-state index in [4.69, 9.17) is 23.7 Å². The van der Waals surface area contributed by atoms with Crippen LogP contribution in [0.15, 0.2) is 89.8 Å². The molecule has 4 aromatic carbocycles. The van der Waals surface area contributed by atoms with Gasteiger partial charge in [0.25, 0.3) is 17.7 Å². The number of benzene rings is 4. The van der Waals surface area contributed by atoms with Gasteiger partial charge in [-0.05, 0) is 78.9 Å². The fourth-order valence-electron chi connectivity index (χ4n) is 6.10. The van der Waals surface area contributed by atoms with E-state index >= 15 is 0 Å². The Morgan fingerprint density at radius 2 is 1.51 bits per heavy atom. The van der Waals surface area contributed by atoms with E-state index in [0.29, 0.717) is 51.2 Å². The molecule has 1 saturated heterocycles. The predicted octanol–water partition coefficient (Wildman–Crippen LogP) is 3.90. The van der Waals surface area contributed by atoms with E-state index < -0.39 is 21.5 Å². The van der Waals surface area contributed by atoms with Crippen molar-refractivity contribution in [3.05, 3.63) is 102 Å². The number of methoxy groups -OCH3 is 2. The van der Waals surface area contributed by atoms with Crippen molar-refractivity contribution >= 4 is 27.7 Å². The number of carbonyl (C=O) groups is 3. The molecule has 6 bridgehead atoms. The first-order valence-corrected chi connectivity index (χ1v) is 18.3. The van der Waals surface area contributed by atoms with Gasteiger partial charge < -0.3 is 39.6 Å². The molecular weight excluding hydrogens is 705 g/mol. The van der Waals surface area contributed by atoms with Crippen LogP contribution in [0.1, 0.15) is 39.1 Å². The van der Waals surface area contributed by atoms with Crippen LogP contribution in [0.5, 0.6) is 34.5 Å². The molecular formula is C38H40N4O10S. The lowest BCUT2D eigenvalue weighted by Crippen LogP contribution is -2.57. The fraction of sp³-hybridized carbons (Fsp3) is 0.289. The SMILES string of the molecule is CNC(=O)c1ccc(S(=O)(=O)N2CCC3(CC2)Oc2ccc(cc2)OCCNC(=O)c2ccc(OC)c(c2)Oc2ccc(c(OC)c2)CNC3=O)cc1. The molecule has 9 rings (SSSR count). The quantitative estimate of drug-likeness (QED) is 0.273. The first-order chi connectivity index (χ1) is 25.5. The molecule has 0 aromatic heterocycles. The lowest BCUT2D eigenvalue weighted by atomic mass is 9.90. The molecule has 0 unspecified atom stereocenters. The minimum absolute atomic E-state index is 0.000114. The Kier molecular flexibility index (Phi) is 11.0. The van der Waals surface area contributed by atoms with E-state index in [0.717, 1.165) is 0 Å². The van der Waals surface area contributed by atoms with Gasteiger partial charge in [0.15, 0.2) is 17.1 Å². The molecule has 3 amide bonds. The number of nitrogens with zero attached hydrogens (tertiary/aromatic N) is 1. The Balaban J connectivity index is 1.27. The van der Waals surface area contributed by atoms with Crippen molar-refractivity contribution in [3.63, 3.8) is 0 Å². The van der Waals surface area contributed by atoms with E-state index in [-0.39, 0.29) is 62.3 Å². The van der Waals surface area contributed by atoms with E-state index in [1.54, 1.807) is 60.7 Å². The Morgan fingerprint density at radius 3 is 2.19 bits per heavy atom. The predicted molar refractivity (Wildman–Crippen MR) is 193 cm³/mol. The number of piperidine rings is 1. The van der Waals surface area contributed by atoms with Crippen LogP contribution in [0, 0.1) is 0 Å². The second kappa shape index (κ2) is 15.8. The van der Waals surface area contributed by atoms with Crippen molar-refractivity contribution in [1.29, 1.82) is 0 Å². The van der Waals surface area contributed by atoms with Gasteiger partial charge in [-0.25, -0.2) is 8.42 Å². The maximum absolute atomic E-state index is 14.1. The molecule has 278 valence electrons. The summed E-state index contributed by atoms with van der Waals surface area (Å²) >= 11 is 0. The zero-order valence-corrected chi connectivity index (χ0v) is 30.3. The van der Waals surface area contributed by atoms with Crippen molar-refractivity contribution in [2.45, 2.75) is 29.9 Å². The number of rotatable bonds is 5. The molecule has 0 saturated carbocycles. The first kappa shape index (κ1) is 37.0. The van der Waals surface area contributed by atoms with Gasteiger partial charge in [-0.1, -0.05) is 0 Å². The highest BCUT2D eigenvalue weighted by molar-refractivity contribution is 7.89. The summed E-state index contributed by atoms with van der Waals surface area (Å²) in [6.45, 7) is 0.472. The summed E-state index contributed by atoms with van der Waals surface area (Å²) in [7, 11) is 0.561. The van der Waals surface area contributed by atoms with Crippen molar-refractivity contribution < 1.29 is 46.5 Å². The van der Waals surface area contributed by atoms with Gasteiger partial charge in [0.2, 0.25) is 10.0 Å². The van der Waals surface area contributed by atoms with Gasteiger partial charge >= 0.3 is 0 Å². The second-order valence-electron chi connectivity index (χ2n) is 12.3. The maximum Gasteiger partial charge on any atom is 0.264 e. The van der Waals surface area contributed by atoms with Crippen LogP contribution < -0.4 is 39.6 Å². The third-order valence-electron chi connectivity index (χ3n) is 9.07. The Hall–Kier alpha value is -5.80. The zero-order valence-electron chi connectivity index (χ0n) is 29.5. The molecule has 53 heavy (non-hydrogen) atoms. The number of sulfonamides is 1. The van der Waals surface area contributed by atoms with Crippen molar-refractivity contribution in [2.24, 2.45) is 0 Å². The summed E-state index contributed by atoms with van der Waals surface area (Å²) in [6.07, 6.45) is 0.105. The molecule has 14 nitrogen and oxygen atoms in total. The minimum atomic E-state index is -3.94. The van der Waals surface area contributed by atoms with E-state index in [1.165, 1.54) is 49.8 Å². The lowest BCUT2D eigenvalue weighted by molar-refractivity contribution is -0.140. The number of nitrogens with one attached hydrogen (secondary N) is 3. The van der Waals surface area contributed by atoms with Crippen molar-refractivity contribution in [2.75, 3.05) is 47.5 Å². The molecule has 3 N–H and O–H groups in total. The number of hydrogen-bond donors (Lipinski definition) is 3. The average molecular weight is 745 g/mol. The highest BCUT2D eigenvalue weighted by Crippen LogP contribution is 2.36. The molecule has 0 aliphatic carbocycles. The van der Waals surface area contributed by atoms with Gasteiger partial charge in [-0.3, -0.25) is 14.4 Å². The fourth-order valence-corrected chi connectivity index (χ4v) is 7.54. The molecule has 5 heterocycles. The summed E-state index contributed by atoms with van der Waals surface area (Å²) in [4.78, 5) is 39.1. The van der Waals surface area contributed by atoms with Gasteiger partial charge in [0.1, 0.15) is 29.6 Å². The Labute approximate surface area is 307 Å². The van der Waals surface area contributed by atoms with Crippen LogP contribution in [0.2, 0.25) is 0 Å². The van der Waals surface area contributed by atoms with E-state index in [9.17, 15) is 22.8 Å². The lowest BCUT2D eigenvalue weighted by Gasteiger charge is -2.40. The molecule has 5 aliphatic heterocycles. The topological polar surface area (TPSA) is 171 Å². The van der Waals surface area contributed by atoms with E-state index in [2.05, 4.69) is 16.0 Å². The molecule has 0 radical (unpaired) electrons. The summed E-state index contributed by atoms with van der Waals surface area (Å²) < 4.78 is 58.0. The summed E-state index contributed by atoms with van der Waals surface area (Å²) in [5, 5.41) is 8.33. The standard InChI is InChI=1S/C38H40N4O10S/c1-39-35(43)25-5-13-31(14-6-25)53(46,47)42-19-16-38(17-20-42)37(45)41-24-27-4-8-30(23-33(27)49-3)51-34-22-26(7-15-32(34)48-2)36(44)40-18-21-50-28-9-11-29(52-38)12-10-28/h4-15,22-23H,16-21,24H2,1-3H3,(H,39,43)(H,40,44)(H,41,45). The van der Waals surface area contributed by atoms with Gasteiger partial charge in [-0.2, -0.15) is 4.31 Å². The number of amides is 3. The van der Waals surface area contributed by atoms with Gasteiger partial charge in [0, 0.05) is 62.3 Å². The van der Waals surface area contributed by atoms with Gasteiger partial charge in [-0.15, -0.1) is 0 Å². The molecule has 1 spiro atoms. The molecule has 0 atom stereocenters. The number of carbonyl (C=O) groups excluding carboxylic acids is 3. The normalized spacial score (nSPS) is 16.4. The van der Waals surface area contributed by atoms with Crippen LogP contribution in [0.3, 0.4) is 0 Å². The van der Waals surface area contributed by atoms with Crippen LogP contribution in [-0.4, -0.2) is 83.6 Å². The van der Waals surface area contributed by atoms with E-state index in [1.807, 2.05) is 0 Å². The highest BCUT2D eigenvalue weighted by Gasteiger charge is 2.46. The smallest absolute Gasteiger partial charge is 0.264 e. The van der Waals surface area contributed by atoms with Crippen LogP contribution in [0.25, 0.3) is 0 Å². The zero-order chi connectivity index (χ0) is 37.6. The number of ether oxygens (including phenoxy) is 5. The largest absolute Gasteiger partial charge is 0.496 e. The van der Waals surface area contributed by atoms with Crippen LogP contribution >= 0.6 is 0 Å². The van der Waals surface area contributed by atoms with Gasteiger partial charge in [0.05, 0.1) is 25.7 Å². The summed E-state index contributed by atoms with van der Waals surface area (Å²) in [5.74, 6) is 1.41. The molecule has 15 heteroatoms. The minimum Gasteiger partial charge on any atom is -0.496 e. The summed E-state index contributed by atoms with van der Waals surface area (Å²) in [5.41, 5.74) is -0.0753. The van der Waals surface area contributed by atoms with Crippen LogP contribution in [-0.2, 0) is 21.4 Å². The number of hydrogen-bond acceptors (Lipinski definition) is 10. The maximum atomic E-state index is 14.1. The monoisotopic (exact) mass is 744 g/mol. The van der Waals surface area contributed by atoms with Crippen molar-refractivity contribution in [3.8, 4) is 34.5 Å². The third-order valence-corrected chi connectivity index (χ3v) is 11.0. The van der Waals surface area contributed by atoms with Crippen molar-refractivity contribution in [1.82, 2.24) is 20.3 Å². The van der Waals surface area contributed by atoms with Crippen LogP contribution in [0.4, 0.5) is 0 Å². The molecule has 5 aliphatic rings. The Morgan fingerprint density at radius 1 is 0.830 bits per heavy atom. The first-order valence-electron chi connectivity index (χ1n) is 16.9. The molecule has 1 fully saturated rings. The Bertz CT molecular complexity index is 2080. The second-order valence-corrected chi connectivity index (χ2v) is 14.2. The third kappa shape index (κ3) is 8.16. The highest BCUT2D eigenvalue weighted by atomic mass is 32.2.